The van der Waals surface area contributed by atoms with Gasteiger partial charge in [-0.25, -0.2) is 0 Å². The number of carbonyl (C=O) groups is 1. The molecule has 0 fully saturated rings. The van der Waals surface area contributed by atoms with Gasteiger partial charge in [0.15, 0.2) is 5.78 Å². The van der Waals surface area contributed by atoms with Crippen LogP contribution < -0.4 is 0 Å². The number of Topliss-reactive ketones (excluding diaryl/α,β-unsaturated/α-hetero) is 1. The fourth-order valence-corrected chi connectivity index (χ4v) is 2.83. The monoisotopic (exact) mass is 350 g/mol. The van der Waals surface area contributed by atoms with Crippen molar-refractivity contribution in [1.29, 1.82) is 0 Å². The number of hydrogen-bond donors (Lipinski definition) is 0. The van der Waals surface area contributed by atoms with Crippen LogP contribution in [0.15, 0.2) is 22.7 Å². The Kier molecular flexibility index (Phi) is 2.74. The quantitative estimate of drug-likeness (QED) is 0.518. The third-order valence-corrected chi connectivity index (χ3v) is 4.25. The number of hydrogen-bond acceptors (Lipinski definition) is 1. The molecule has 0 bridgehead atoms. The Morgan fingerprint density at radius 1 is 1.46 bits per heavy atom. The molecular formula is C10H8BrIO. The summed E-state index contributed by atoms with van der Waals surface area (Å²) in [6.45, 7) is 0. The summed E-state index contributed by atoms with van der Waals surface area (Å²) < 4.78 is 1.24. The maximum absolute atomic E-state index is 11.7. The molecule has 3 heteroatoms. The van der Waals surface area contributed by atoms with E-state index in [1.807, 2.05) is 18.2 Å². The largest absolute Gasteiger partial charge is 0.293 e. The lowest BCUT2D eigenvalue weighted by molar-refractivity contribution is 0.0984. The molecule has 0 N–H and O–H groups in total. The molecule has 0 spiro atoms. The molecule has 0 saturated heterocycles. The van der Waals surface area contributed by atoms with Crippen molar-refractivity contribution < 1.29 is 4.79 Å². The summed E-state index contributed by atoms with van der Waals surface area (Å²) in [5.74, 6) is 0.281. The second-order valence-corrected chi connectivity index (χ2v) is 5.49. The Morgan fingerprint density at radius 2 is 2.23 bits per heavy atom. The van der Waals surface area contributed by atoms with Gasteiger partial charge in [0.25, 0.3) is 0 Å². The van der Waals surface area contributed by atoms with Crippen molar-refractivity contribution in [2.24, 2.45) is 0 Å². The van der Waals surface area contributed by atoms with E-state index in [0.29, 0.717) is 0 Å². The Bertz CT molecular complexity index is 362. The molecule has 68 valence electrons. The minimum atomic E-state index is 0.166. The van der Waals surface area contributed by atoms with Crippen molar-refractivity contribution in [3.05, 3.63) is 33.8 Å². The zero-order valence-electron chi connectivity index (χ0n) is 6.89. The average molecular weight is 351 g/mol. The van der Waals surface area contributed by atoms with Gasteiger partial charge in [0.1, 0.15) is 0 Å². The first-order valence-corrected chi connectivity index (χ1v) is 6.19. The van der Waals surface area contributed by atoms with E-state index in [2.05, 4.69) is 38.5 Å². The molecule has 0 saturated carbocycles. The second-order valence-electron chi connectivity index (χ2n) is 3.14. The Morgan fingerprint density at radius 3 is 3.00 bits per heavy atom. The zero-order valence-corrected chi connectivity index (χ0v) is 10.6. The van der Waals surface area contributed by atoms with Crippen LogP contribution in [0.5, 0.6) is 0 Å². The number of benzene rings is 1. The number of ketones is 1. The highest BCUT2D eigenvalue weighted by molar-refractivity contribution is 14.1. The zero-order chi connectivity index (χ0) is 9.42. The smallest absolute Gasteiger partial charge is 0.175 e. The molecule has 0 aliphatic heterocycles. The lowest BCUT2D eigenvalue weighted by atomic mass is 9.91. The fraction of sp³-hybridized carbons (Fsp3) is 0.300. The maximum Gasteiger partial charge on any atom is 0.175 e. The third kappa shape index (κ3) is 1.68. The summed E-state index contributed by atoms with van der Waals surface area (Å²) in [5, 5.41) is 0. The standard InChI is InChI=1S/C10H8BrIO/c11-8-3-1-2-7-6(8)4-5-9(12)10(7)13/h1-3,9H,4-5H2. The van der Waals surface area contributed by atoms with Gasteiger partial charge in [0.2, 0.25) is 0 Å². The Labute approximate surface area is 99.2 Å². The Hall–Kier alpha value is 0.1000. The van der Waals surface area contributed by atoms with Gasteiger partial charge in [-0.1, -0.05) is 50.7 Å². The minimum Gasteiger partial charge on any atom is -0.293 e. The van der Waals surface area contributed by atoms with E-state index >= 15 is 0 Å². The number of fused-ring (bicyclic) bond motifs is 1. The molecule has 1 unspecified atom stereocenters. The summed E-state index contributed by atoms with van der Waals surface area (Å²) in [5.41, 5.74) is 2.08. The van der Waals surface area contributed by atoms with Crippen molar-refractivity contribution in [2.45, 2.75) is 16.8 Å². The van der Waals surface area contributed by atoms with E-state index in [-0.39, 0.29) is 9.71 Å². The molecule has 0 heterocycles. The number of carbonyl (C=O) groups excluding carboxylic acids is 1. The molecule has 1 aromatic carbocycles. The normalized spacial score (nSPS) is 21.4. The van der Waals surface area contributed by atoms with Crippen molar-refractivity contribution in [3.63, 3.8) is 0 Å². The molecule has 1 aliphatic rings. The number of halogens is 2. The van der Waals surface area contributed by atoms with E-state index in [4.69, 9.17) is 0 Å². The van der Waals surface area contributed by atoms with Crippen LogP contribution in [0, 0.1) is 0 Å². The second kappa shape index (κ2) is 3.69. The van der Waals surface area contributed by atoms with Gasteiger partial charge in [0.05, 0.1) is 3.92 Å². The summed E-state index contributed by atoms with van der Waals surface area (Å²) in [6, 6.07) is 5.85. The Balaban J connectivity index is 2.55. The predicted octanol–water partition coefficient (Wildman–Crippen LogP) is 3.38. The van der Waals surface area contributed by atoms with Gasteiger partial charge in [-0.2, -0.15) is 0 Å². The summed E-state index contributed by atoms with van der Waals surface area (Å²) in [4.78, 5) is 11.7. The fourth-order valence-electron chi connectivity index (χ4n) is 1.61. The summed E-state index contributed by atoms with van der Waals surface area (Å²) >= 11 is 5.70. The number of alkyl halides is 1. The molecular weight excluding hydrogens is 343 g/mol. The van der Waals surface area contributed by atoms with Crippen LogP contribution in [0.2, 0.25) is 0 Å². The highest BCUT2D eigenvalue weighted by Gasteiger charge is 2.25. The van der Waals surface area contributed by atoms with Crippen LogP contribution in [-0.2, 0) is 6.42 Å². The van der Waals surface area contributed by atoms with Crippen molar-refractivity contribution in [1.82, 2.24) is 0 Å². The molecule has 0 radical (unpaired) electrons. The van der Waals surface area contributed by atoms with Crippen LogP contribution in [0.4, 0.5) is 0 Å². The molecule has 0 amide bonds. The maximum atomic E-state index is 11.7. The lowest BCUT2D eigenvalue weighted by Crippen LogP contribution is -2.22. The van der Waals surface area contributed by atoms with Gasteiger partial charge >= 0.3 is 0 Å². The van der Waals surface area contributed by atoms with Crippen LogP contribution in [0.3, 0.4) is 0 Å². The van der Waals surface area contributed by atoms with Crippen LogP contribution in [0.1, 0.15) is 22.3 Å². The van der Waals surface area contributed by atoms with Crippen LogP contribution in [0.25, 0.3) is 0 Å². The summed E-state index contributed by atoms with van der Waals surface area (Å²) in [7, 11) is 0. The first-order chi connectivity index (χ1) is 6.20. The van der Waals surface area contributed by atoms with Gasteiger partial charge in [-0.05, 0) is 24.5 Å². The number of rotatable bonds is 0. The van der Waals surface area contributed by atoms with Gasteiger partial charge in [-0.3, -0.25) is 4.79 Å². The molecule has 1 atom stereocenters. The van der Waals surface area contributed by atoms with Crippen LogP contribution in [-0.4, -0.2) is 9.71 Å². The van der Waals surface area contributed by atoms with Gasteiger partial charge in [-0.15, -0.1) is 0 Å². The average Bonchev–Trinajstić information content (AvgIpc) is 2.12. The van der Waals surface area contributed by atoms with E-state index < -0.39 is 0 Å². The predicted molar refractivity (Wildman–Crippen MR) is 64.6 cm³/mol. The van der Waals surface area contributed by atoms with Gasteiger partial charge < -0.3 is 0 Å². The molecule has 13 heavy (non-hydrogen) atoms. The topological polar surface area (TPSA) is 17.1 Å². The van der Waals surface area contributed by atoms with Crippen molar-refractivity contribution in [2.75, 3.05) is 0 Å². The molecule has 2 rings (SSSR count). The van der Waals surface area contributed by atoms with Gasteiger partial charge in [0, 0.05) is 10.0 Å². The highest BCUT2D eigenvalue weighted by atomic mass is 127. The minimum absolute atomic E-state index is 0.166. The first-order valence-electron chi connectivity index (χ1n) is 4.16. The van der Waals surface area contributed by atoms with E-state index in [1.165, 1.54) is 5.56 Å². The summed E-state index contributed by atoms with van der Waals surface area (Å²) in [6.07, 6.45) is 1.98. The highest BCUT2D eigenvalue weighted by Crippen LogP contribution is 2.30. The van der Waals surface area contributed by atoms with E-state index in [0.717, 1.165) is 22.9 Å². The first kappa shape index (κ1) is 9.65. The van der Waals surface area contributed by atoms with E-state index in [1.54, 1.807) is 0 Å². The lowest BCUT2D eigenvalue weighted by Gasteiger charge is -2.19. The molecule has 0 aromatic heterocycles. The van der Waals surface area contributed by atoms with Crippen molar-refractivity contribution in [3.8, 4) is 0 Å². The molecule has 1 aliphatic carbocycles. The van der Waals surface area contributed by atoms with E-state index in [9.17, 15) is 4.79 Å². The molecule has 1 nitrogen and oxygen atoms in total. The molecule has 1 aromatic rings. The van der Waals surface area contributed by atoms with Crippen molar-refractivity contribution >= 4 is 44.3 Å². The third-order valence-electron chi connectivity index (χ3n) is 2.32. The van der Waals surface area contributed by atoms with Crippen LogP contribution >= 0.6 is 38.5 Å². The SMILES string of the molecule is O=C1c2cccc(Br)c2CCC1I.